The molecule has 1 aliphatic heterocycles. The van der Waals surface area contributed by atoms with Crippen LogP contribution < -0.4 is 0 Å². The number of furan rings is 1. The highest BCUT2D eigenvalue weighted by Gasteiger charge is 2.24. The second-order valence-electron chi connectivity index (χ2n) is 14.2. The van der Waals surface area contributed by atoms with Gasteiger partial charge in [0.2, 0.25) is 0 Å². The first-order valence-corrected chi connectivity index (χ1v) is 18.8. The molecule has 54 heavy (non-hydrogen) atoms. The highest BCUT2D eigenvalue weighted by Crippen LogP contribution is 2.44. The van der Waals surface area contributed by atoms with Crippen LogP contribution in [0, 0.1) is 5.92 Å². The maximum atomic E-state index is 7.00. The maximum Gasteiger partial charge on any atom is 0.142 e. The predicted octanol–water partition coefficient (Wildman–Crippen LogP) is 14.2. The first kappa shape index (κ1) is 31.9. The molecule has 0 spiro atoms. The molecule has 0 N–H and O–H groups in total. The van der Waals surface area contributed by atoms with E-state index in [1.165, 1.54) is 49.4 Å². The van der Waals surface area contributed by atoms with Gasteiger partial charge in [0.1, 0.15) is 11.2 Å². The van der Waals surface area contributed by atoms with Crippen molar-refractivity contribution in [3.05, 3.63) is 205 Å². The summed E-state index contributed by atoms with van der Waals surface area (Å²) in [4.78, 5) is 5.44. The zero-order valence-electron chi connectivity index (χ0n) is 30.0. The van der Waals surface area contributed by atoms with Crippen molar-refractivity contribution < 1.29 is 4.42 Å². The van der Waals surface area contributed by atoms with Crippen molar-refractivity contribution in [1.82, 2.24) is 0 Å². The molecule has 1 unspecified atom stereocenters. The van der Waals surface area contributed by atoms with Crippen molar-refractivity contribution in [2.45, 2.75) is 13.3 Å². The molecule has 10 rings (SSSR count). The summed E-state index contributed by atoms with van der Waals surface area (Å²) < 4.78 is 7.00. The van der Waals surface area contributed by atoms with Gasteiger partial charge >= 0.3 is 0 Å². The van der Waals surface area contributed by atoms with Crippen LogP contribution in [0.1, 0.15) is 30.0 Å². The van der Waals surface area contributed by atoms with E-state index in [0.717, 1.165) is 56.5 Å². The number of hydrogen-bond acceptors (Lipinski definition) is 2. The van der Waals surface area contributed by atoms with Gasteiger partial charge in [-0.3, -0.25) is 0 Å². The minimum absolute atomic E-state index is 0.116. The fourth-order valence-corrected chi connectivity index (χ4v) is 8.23. The summed E-state index contributed by atoms with van der Waals surface area (Å²) in [6.07, 6.45) is 5.59. The smallest absolute Gasteiger partial charge is 0.142 e. The van der Waals surface area contributed by atoms with E-state index in [9.17, 15) is 0 Å². The quantitative estimate of drug-likeness (QED) is 0.170. The molecule has 1 aromatic heterocycles. The van der Waals surface area contributed by atoms with Crippen LogP contribution >= 0.6 is 0 Å². The van der Waals surface area contributed by atoms with E-state index < -0.39 is 0 Å². The molecule has 2 nitrogen and oxygen atoms in total. The molecule has 0 fully saturated rings. The zero-order valence-corrected chi connectivity index (χ0v) is 30.0. The van der Waals surface area contributed by atoms with E-state index in [0.29, 0.717) is 0 Å². The zero-order chi connectivity index (χ0) is 36.0. The van der Waals surface area contributed by atoms with Gasteiger partial charge < -0.3 is 4.42 Å². The largest absolute Gasteiger partial charge is 0.455 e. The summed E-state index contributed by atoms with van der Waals surface area (Å²) in [6.45, 7) is 2.27. The summed E-state index contributed by atoms with van der Waals surface area (Å²) in [6, 6.07) is 62.8. The summed E-state index contributed by atoms with van der Waals surface area (Å²) in [5.74, 6) is 0.116. The number of rotatable bonds is 6. The average Bonchev–Trinajstić information content (AvgIpc) is 3.52. The molecular formula is C52H37NO. The standard InChI is InChI=1S/C52H37NO/c1-2-34-31-48(37-19-10-5-11-20-37)53-49(41-28-27-39-29-38(25-26-40(39)30-41)35-15-6-3-7-16-35)32-46(34)44-23-14-24-45-51-43-22-13-12-21-42(43)47(33-50(51)54-52(44)45)36-17-8-4-9-18-36/h3-34H,2H2,1H3. The normalized spacial score (nSPS) is 14.6. The number of benzene rings is 8. The molecule has 0 bridgehead atoms. The minimum atomic E-state index is 0.116. The second-order valence-corrected chi connectivity index (χ2v) is 14.2. The number of nitrogens with zero attached hydrogens (tertiary/aromatic N) is 1. The van der Waals surface area contributed by atoms with Gasteiger partial charge in [0, 0.05) is 27.8 Å². The molecule has 0 aliphatic carbocycles. The fraction of sp³-hybridized carbons (Fsp3) is 0.0577. The molecule has 0 radical (unpaired) electrons. The number of allylic oxidation sites excluding steroid dienone is 3. The average molecular weight is 692 g/mol. The van der Waals surface area contributed by atoms with Gasteiger partial charge in [0.25, 0.3) is 0 Å². The van der Waals surface area contributed by atoms with Crippen LogP contribution in [0.2, 0.25) is 0 Å². The topological polar surface area (TPSA) is 25.5 Å². The van der Waals surface area contributed by atoms with E-state index in [4.69, 9.17) is 9.41 Å². The Bertz CT molecular complexity index is 2950. The van der Waals surface area contributed by atoms with Crippen LogP contribution in [0.5, 0.6) is 0 Å². The van der Waals surface area contributed by atoms with Crippen molar-refractivity contribution in [1.29, 1.82) is 0 Å². The predicted molar refractivity (Wildman–Crippen MR) is 229 cm³/mol. The fourth-order valence-electron chi connectivity index (χ4n) is 8.23. The third-order valence-corrected chi connectivity index (χ3v) is 10.9. The Morgan fingerprint density at radius 3 is 1.83 bits per heavy atom. The highest BCUT2D eigenvalue weighted by molar-refractivity contribution is 6.24. The Kier molecular flexibility index (Phi) is 7.88. The Labute approximate surface area is 315 Å². The van der Waals surface area contributed by atoms with Gasteiger partial charge in [-0.2, -0.15) is 0 Å². The van der Waals surface area contributed by atoms with Gasteiger partial charge in [-0.15, -0.1) is 0 Å². The van der Waals surface area contributed by atoms with E-state index in [2.05, 4.69) is 195 Å². The van der Waals surface area contributed by atoms with Crippen LogP contribution in [-0.4, -0.2) is 5.71 Å². The second kappa shape index (κ2) is 13.3. The molecule has 2 heterocycles. The van der Waals surface area contributed by atoms with Gasteiger partial charge in [-0.05, 0) is 85.6 Å². The van der Waals surface area contributed by atoms with Crippen LogP contribution in [-0.2, 0) is 0 Å². The molecule has 1 aliphatic rings. The lowest BCUT2D eigenvalue weighted by Crippen LogP contribution is -2.03. The Morgan fingerprint density at radius 1 is 0.500 bits per heavy atom. The SMILES string of the molecule is CCC1C=C(c2ccccc2)N=C(c2ccc3cc(-c4ccccc4)ccc3c2)C=C1c1cccc2c1oc1cc(-c3ccccc3)c3ccccc3c12. The summed E-state index contributed by atoms with van der Waals surface area (Å²) in [5.41, 5.74) is 13.0. The van der Waals surface area contributed by atoms with Gasteiger partial charge in [0.15, 0.2) is 0 Å². The van der Waals surface area contributed by atoms with Crippen molar-refractivity contribution in [2.24, 2.45) is 10.9 Å². The third-order valence-electron chi connectivity index (χ3n) is 10.9. The maximum absolute atomic E-state index is 7.00. The Balaban J connectivity index is 1.17. The summed E-state index contributed by atoms with van der Waals surface area (Å²) in [7, 11) is 0. The monoisotopic (exact) mass is 691 g/mol. The lowest BCUT2D eigenvalue weighted by atomic mass is 9.87. The van der Waals surface area contributed by atoms with Crippen molar-refractivity contribution in [3.8, 4) is 22.3 Å². The molecule has 256 valence electrons. The number of para-hydroxylation sites is 1. The lowest BCUT2D eigenvalue weighted by molar-refractivity contribution is 0.666. The molecule has 0 amide bonds. The van der Waals surface area contributed by atoms with Gasteiger partial charge in [-0.25, -0.2) is 4.99 Å². The summed E-state index contributed by atoms with van der Waals surface area (Å²) >= 11 is 0. The van der Waals surface area contributed by atoms with E-state index in [1.807, 2.05) is 0 Å². The van der Waals surface area contributed by atoms with Gasteiger partial charge in [0.05, 0.1) is 11.4 Å². The van der Waals surface area contributed by atoms with Crippen LogP contribution in [0.25, 0.3) is 77.0 Å². The number of fused-ring (bicyclic) bond motifs is 6. The van der Waals surface area contributed by atoms with E-state index in [-0.39, 0.29) is 5.92 Å². The first-order valence-electron chi connectivity index (χ1n) is 18.8. The third kappa shape index (κ3) is 5.55. The van der Waals surface area contributed by atoms with E-state index in [1.54, 1.807) is 0 Å². The highest BCUT2D eigenvalue weighted by atomic mass is 16.3. The van der Waals surface area contributed by atoms with Crippen LogP contribution in [0.4, 0.5) is 0 Å². The molecule has 0 saturated carbocycles. The van der Waals surface area contributed by atoms with Crippen LogP contribution in [0.3, 0.4) is 0 Å². The number of aliphatic imine (C=N–C) groups is 1. The molecule has 1 atom stereocenters. The Morgan fingerprint density at radius 2 is 1.11 bits per heavy atom. The lowest BCUT2D eigenvalue weighted by Gasteiger charge is -2.16. The Hall–Kier alpha value is -6.77. The number of hydrogen-bond donors (Lipinski definition) is 0. The minimum Gasteiger partial charge on any atom is -0.455 e. The molecular weight excluding hydrogens is 655 g/mol. The van der Waals surface area contributed by atoms with Crippen molar-refractivity contribution in [2.75, 3.05) is 0 Å². The molecule has 2 heteroatoms. The molecule has 9 aromatic rings. The first-order chi connectivity index (χ1) is 26.7. The molecule has 8 aromatic carbocycles. The van der Waals surface area contributed by atoms with Crippen molar-refractivity contribution in [3.63, 3.8) is 0 Å². The molecule has 0 saturated heterocycles. The summed E-state index contributed by atoms with van der Waals surface area (Å²) in [5, 5.41) is 7.10. The van der Waals surface area contributed by atoms with Gasteiger partial charge in [-0.1, -0.05) is 171 Å². The van der Waals surface area contributed by atoms with Crippen LogP contribution in [0.15, 0.2) is 197 Å². The van der Waals surface area contributed by atoms with E-state index >= 15 is 0 Å². The van der Waals surface area contributed by atoms with Crippen molar-refractivity contribution >= 4 is 60.5 Å².